The number of esters is 1. The summed E-state index contributed by atoms with van der Waals surface area (Å²) in [6, 6.07) is 18.1. The largest absolute Gasteiger partial charge is 0.423 e. The second-order valence-electron chi connectivity index (χ2n) is 8.36. The van der Waals surface area contributed by atoms with Gasteiger partial charge in [-0.15, -0.1) is 0 Å². The van der Waals surface area contributed by atoms with E-state index in [1.165, 1.54) is 18.3 Å². The highest BCUT2D eigenvalue weighted by atomic mass is 35.5. The van der Waals surface area contributed by atoms with Crippen molar-refractivity contribution in [2.75, 3.05) is 0 Å². The molecule has 3 rings (SSSR count). The molecule has 2 N–H and O–H groups in total. The fourth-order valence-electron chi connectivity index (χ4n) is 3.06. The summed E-state index contributed by atoms with van der Waals surface area (Å²) in [7, 11) is -3.89. The number of rotatable bonds is 9. The summed E-state index contributed by atoms with van der Waals surface area (Å²) in [5.74, 6) is -1.10. The van der Waals surface area contributed by atoms with Crippen LogP contribution >= 0.6 is 11.6 Å². The third-order valence-electron chi connectivity index (χ3n) is 5.12. The molecule has 0 aromatic heterocycles. The van der Waals surface area contributed by atoms with E-state index in [9.17, 15) is 18.0 Å². The highest BCUT2D eigenvalue weighted by molar-refractivity contribution is 7.89. The monoisotopic (exact) mass is 527 g/mol. The number of ether oxygens (including phenoxy) is 1. The molecular weight excluding hydrogens is 502 g/mol. The summed E-state index contributed by atoms with van der Waals surface area (Å²) in [4.78, 5) is 24.9. The van der Waals surface area contributed by atoms with Crippen LogP contribution in [0.3, 0.4) is 0 Å². The normalized spacial score (nSPS) is 12.5. The number of nitrogens with zero attached hydrogens (tertiary/aromatic N) is 1. The number of halogens is 1. The van der Waals surface area contributed by atoms with Gasteiger partial charge in [0.05, 0.1) is 16.7 Å². The van der Waals surface area contributed by atoms with Crippen LogP contribution in [0.25, 0.3) is 0 Å². The minimum Gasteiger partial charge on any atom is -0.423 e. The number of carbonyl (C=O) groups is 2. The van der Waals surface area contributed by atoms with Crippen molar-refractivity contribution in [1.82, 2.24) is 10.1 Å². The lowest BCUT2D eigenvalue weighted by molar-refractivity contribution is -0.123. The van der Waals surface area contributed by atoms with Crippen LogP contribution < -0.4 is 14.9 Å². The molecule has 0 radical (unpaired) electrons. The fraction of sp³-hybridized carbons (Fsp3) is 0.192. The average molecular weight is 528 g/mol. The number of hydrazone groups is 1. The molecule has 36 heavy (non-hydrogen) atoms. The Kier molecular flexibility index (Phi) is 8.98. The van der Waals surface area contributed by atoms with E-state index in [0.717, 1.165) is 5.56 Å². The summed E-state index contributed by atoms with van der Waals surface area (Å²) in [5.41, 5.74) is 4.30. The zero-order valence-electron chi connectivity index (χ0n) is 19.9. The zero-order chi connectivity index (χ0) is 26.3. The maximum absolute atomic E-state index is 12.7. The molecule has 0 aliphatic heterocycles. The number of aryl methyl sites for hydroxylation is 1. The molecule has 0 spiro atoms. The molecule has 0 heterocycles. The van der Waals surface area contributed by atoms with Crippen LogP contribution in [-0.2, 0) is 14.8 Å². The lowest BCUT2D eigenvalue weighted by Crippen LogP contribution is -2.48. The first kappa shape index (κ1) is 27.1. The van der Waals surface area contributed by atoms with E-state index < -0.39 is 27.9 Å². The maximum atomic E-state index is 12.7. The first-order valence-electron chi connectivity index (χ1n) is 11.0. The Balaban J connectivity index is 1.59. The number of sulfonamides is 1. The van der Waals surface area contributed by atoms with Crippen LogP contribution in [0.4, 0.5) is 0 Å². The van der Waals surface area contributed by atoms with Crippen LogP contribution in [-0.4, -0.2) is 32.6 Å². The molecule has 0 saturated heterocycles. The van der Waals surface area contributed by atoms with Crippen LogP contribution in [0.5, 0.6) is 5.75 Å². The van der Waals surface area contributed by atoms with Gasteiger partial charge >= 0.3 is 5.97 Å². The first-order valence-corrected chi connectivity index (χ1v) is 12.9. The van der Waals surface area contributed by atoms with E-state index in [4.69, 9.17) is 16.3 Å². The second kappa shape index (κ2) is 11.9. The highest BCUT2D eigenvalue weighted by Gasteiger charge is 2.28. The summed E-state index contributed by atoms with van der Waals surface area (Å²) in [5, 5.41) is 4.45. The predicted octanol–water partition coefficient (Wildman–Crippen LogP) is 4.32. The molecule has 0 aliphatic carbocycles. The smallest absolute Gasteiger partial charge is 0.343 e. The van der Waals surface area contributed by atoms with Crippen LogP contribution in [0.1, 0.15) is 35.3 Å². The quantitative estimate of drug-likeness (QED) is 0.186. The van der Waals surface area contributed by atoms with Gasteiger partial charge in [0.1, 0.15) is 11.8 Å². The SMILES string of the molecule is Cc1ccc(S(=O)(=O)N[C@@H](C(=O)N/N=C\c2ccc(OC(=O)c3ccc(Cl)cc3)cc2)C(C)C)cc1. The van der Waals surface area contributed by atoms with Crippen LogP contribution in [0, 0.1) is 12.8 Å². The molecule has 0 unspecified atom stereocenters. The van der Waals surface area contributed by atoms with Gasteiger partial charge in [-0.3, -0.25) is 4.79 Å². The van der Waals surface area contributed by atoms with Crippen molar-refractivity contribution >= 4 is 39.7 Å². The Morgan fingerprint density at radius 2 is 1.56 bits per heavy atom. The minimum absolute atomic E-state index is 0.0758. The predicted molar refractivity (Wildman–Crippen MR) is 139 cm³/mol. The molecule has 3 aromatic rings. The van der Waals surface area contributed by atoms with E-state index in [2.05, 4.69) is 15.2 Å². The molecule has 1 amide bonds. The van der Waals surface area contributed by atoms with Gasteiger partial charge in [-0.1, -0.05) is 43.1 Å². The number of hydrogen-bond donors (Lipinski definition) is 2. The van der Waals surface area contributed by atoms with Gasteiger partial charge in [0, 0.05) is 5.02 Å². The highest BCUT2D eigenvalue weighted by Crippen LogP contribution is 2.16. The number of nitrogens with one attached hydrogen (secondary N) is 2. The summed E-state index contributed by atoms with van der Waals surface area (Å²) in [6.45, 7) is 5.32. The first-order chi connectivity index (χ1) is 17.0. The number of hydrogen-bond acceptors (Lipinski definition) is 6. The molecule has 188 valence electrons. The topological polar surface area (TPSA) is 114 Å². The van der Waals surface area contributed by atoms with Gasteiger partial charge in [0.2, 0.25) is 10.0 Å². The molecule has 0 fully saturated rings. The van der Waals surface area contributed by atoms with Crippen molar-refractivity contribution in [2.45, 2.75) is 31.7 Å². The number of benzene rings is 3. The molecule has 0 aliphatic rings. The van der Waals surface area contributed by atoms with Gasteiger partial charge < -0.3 is 4.74 Å². The Hall–Kier alpha value is -3.53. The molecule has 10 heteroatoms. The van der Waals surface area contributed by atoms with Crippen molar-refractivity contribution in [1.29, 1.82) is 0 Å². The van der Waals surface area contributed by atoms with E-state index in [1.54, 1.807) is 74.5 Å². The van der Waals surface area contributed by atoms with Gasteiger partial charge in [0.15, 0.2) is 0 Å². The van der Waals surface area contributed by atoms with Gasteiger partial charge in [-0.2, -0.15) is 9.82 Å². The molecule has 8 nitrogen and oxygen atoms in total. The molecule has 0 saturated carbocycles. The van der Waals surface area contributed by atoms with E-state index in [1.807, 2.05) is 6.92 Å². The third kappa shape index (κ3) is 7.48. The van der Waals surface area contributed by atoms with Crippen molar-refractivity contribution in [3.63, 3.8) is 0 Å². The number of amides is 1. The van der Waals surface area contributed by atoms with Crippen molar-refractivity contribution in [3.8, 4) is 5.75 Å². The lowest BCUT2D eigenvalue weighted by atomic mass is 10.1. The molecule has 3 aromatic carbocycles. The van der Waals surface area contributed by atoms with Crippen molar-refractivity contribution in [2.24, 2.45) is 11.0 Å². The Labute approximate surface area is 215 Å². The van der Waals surface area contributed by atoms with Crippen molar-refractivity contribution < 1.29 is 22.7 Å². The van der Waals surface area contributed by atoms with Gasteiger partial charge in [-0.05, 0) is 79.1 Å². The summed E-state index contributed by atoms with van der Waals surface area (Å²) < 4.78 is 33.2. The van der Waals surface area contributed by atoms with Gasteiger partial charge in [0.25, 0.3) is 5.91 Å². The Morgan fingerprint density at radius 3 is 2.14 bits per heavy atom. The van der Waals surface area contributed by atoms with Gasteiger partial charge in [-0.25, -0.2) is 18.6 Å². The van der Waals surface area contributed by atoms with Crippen LogP contribution in [0.2, 0.25) is 5.02 Å². The van der Waals surface area contributed by atoms with Crippen LogP contribution in [0.15, 0.2) is 82.8 Å². The Morgan fingerprint density at radius 1 is 0.944 bits per heavy atom. The summed E-state index contributed by atoms with van der Waals surface area (Å²) >= 11 is 5.83. The van der Waals surface area contributed by atoms with E-state index in [-0.39, 0.29) is 10.8 Å². The zero-order valence-corrected chi connectivity index (χ0v) is 21.5. The van der Waals surface area contributed by atoms with E-state index >= 15 is 0 Å². The fourth-order valence-corrected chi connectivity index (χ4v) is 4.53. The maximum Gasteiger partial charge on any atom is 0.343 e. The summed E-state index contributed by atoms with van der Waals surface area (Å²) in [6.07, 6.45) is 1.40. The second-order valence-corrected chi connectivity index (χ2v) is 10.5. The minimum atomic E-state index is -3.89. The lowest BCUT2D eigenvalue weighted by Gasteiger charge is -2.20. The third-order valence-corrected chi connectivity index (χ3v) is 6.83. The molecule has 1 atom stereocenters. The number of carbonyl (C=O) groups excluding carboxylic acids is 2. The van der Waals surface area contributed by atoms with Crippen molar-refractivity contribution in [3.05, 3.63) is 94.5 Å². The standard InChI is InChI=1S/C26H26ClN3O5S/c1-17(2)24(30-36(33,34)23-14-4-18(3)5-15-23)25(31)29-28-16-19-6-12-22(13-7-19)35-26(32)20-8-10-21(27)11-9-20/h4-17,24,30H,1-3H3,(H,29,31)/b28-16-/t24-/m1/s1. The molecular formula is C26H26ClN3O5S. The average Bonchev–Trinajstić information content (AvgIpc) is 2.84. The van der Waals surface area contributed by atoms with E-state index in [0.29, 0.717) is 21.9 Å². The molecule has 0 bridgehead atoms. The Bertz CT molecular complexity index is 1340.